The number of nitrogens with zero attached hydrogens (tertiary/aromatic N) is 5. The topological polar surface area (TPSA) is 114 Å². The molecule has 28 heavy (non-hydrogen) atoms. The fourth-order valence-corrected chi connectivity index (χ4v) is 2.72. The molecule has 3 rings (SSSR count). The second kappa shape index (κ2) is 9.04. The molecule has 0 saturated carbocycles. The van der Waals surface area contributed by atoms with E-state index in [0.29, 0.717) is 6.07 Å². The standard InChI is InChI=1S/C16H14F3N5O.CH2O2/c1-10(15-14(19)5-20-7-22-15)16(25,6-24-9-21-8-23-24)12-3-2-11(17)4-13(12)18;2-1-3/h2-5,7-10,25H,6H2,1H3;1H,(H,2,3)/t10-,16+;/m0./s1. The first kappa shape index (κ1) is 21.0. The molecule has 0 spiro atoms. The van der Waals surface area contributed by atoms with E-state index in [1.165, 1.54) is 24.3 Å². The first-order valence-corrected chi connectivity index (χ1v) is 7.87. The van der Waals surface area contributed by atoms with E-state index in [4.69, 9.17) is 9.90 Å². The lowest BCUT2D eigenvalue weighted by molar-refractivity contribution is -0.122. The molecule has 0 aliphatic carbocycles. The van der Waals surface area contributed by atoms with Gasteiger partial charge < -0.3 is 10.2 Å². The van der Waals surface area contributed by atoms with Gasteiger partial charge in [-0.25, -0.2) is 32.8 Å². The summed E-state index contributed by atoms with van der Waals surface area (Å²) in [5.74, 6) is -3.47. The maximum atomic E-state index is 14.4. The van der Waals surface area contributed by atoms with Crippen molar-refractivity contribution >= 4 is 6.47 Å². The van der Waals surface area contributed by atoms with Gasteiger partial charge in [0.15, 0.2) is 5.82 Å². The Hall–Kier alpha value is -3.34. The van der Waals surface area contributed by atoms with Crippen LogP contribution in [0.5, 0.6) is 0 Å². The Bertz CT molecular complexity index is 926. The highest BCUT2D eigenvalue weighted by atomic mass is 19.1. The lowest BCUT2D eigenvalue weighted by Crippen LogP contribution is -2.39. The first-order valence-electron chi connectivity index (χ1n) is 7.87. The molecule has 2 N–H and O–H groups in total. The molecule has 2 heterocycles. The number of carboxylic acid groups (broad SMARTS) is 1. The van der Waals surface area contributed by atoms with Crippen LogP contribution in [0, 0.1) is 17.5 Å². The minimum atomic E-state index is -1.96. The Kier molecular flexibility index (Phi) is 6.77. The molecular formula is C17H16F3N5O3. The van der Waals surface area contributed by atoms with Crippen LogP contribution in [0.3, 0.4) is 0 Å². The van der Waals surface area contributed by atoms with Crippen molar-refractivity contribution in [2.45, 2.75) is 25.0 Å². The number of halogens is 3. The molecule has 2 atom stereocenters. The number of benzene rings is 1. The average molecular weight is 395 g/mol. The van der Waals surface area contributed by atoms with E-state index >= 15 is 0 Å². The largest absolute Gasteiger partial charge is 0.483 e. The minimum absolute atomic E-state index is 0.0960. The van der Waals surface area contributed by atoms with Gasteiger partial charge in [-0.05, 0) is 6.07 Å². The number of hydrogen-bond donors (Lipinski definition) is 2. The van der Waals surface area contributed by atoms with E-state index in [1.54, 1.807) is 0 Å². The molecule has 0 bridgehead atoms. The van der Waals surface area contributed by atoms with E-state index in [9.17, 15) is 18.3 Å². The highest BCUT2D eigenvalue weighted by molar-refractivity contribution is 5.32. The summed E-state index contributed by atoms with van der Waals surface area (Å²) in [6.45, 7) is 1.01. The number of rotatable bonds is 5. The van der Waals surface area contributed by atoms with E-state index in [-0.39, 0.29) is 24.3 Å². The monoisotopic (exact) mass is 395 g/mol. The second-order valence-corrected chi connectivity index (χ2v) is 5.72. The second-order valence-electron chi connectivity index (χ2n) is 5.72. The maximum absolute atomic E-state index is 14.4. The van der Waals surface area contributed by atoms with Gasteiger partial charge in [-0.15, -0.1) is 0 Å². The summed E-state index contributed by atoms with van der Waals surface area (Å²) in [7, 11) is 0. The van der Waals surface area contributed by atoms with Crippen molar-refractivity contribution in [2.75, 3.05) is 0 Å². The lowest BCUT2D eigenvalue weighted by Gasteiger charge is -2.34. The molecular weight excluding hydrogens is 379 g/mol. The number of aromatic nitrogens is 5. The molecule has 0 amide bonds. The molecule has 1 aromatic carbocycles. The minimum Gasteiger partial charge on any atom is -0.483 e. The quantitative estimate of drug-likeness (QED) is 0.634. The molecule has 3 aromatic rings. The Labute approximate surface area is 157 Å². The maximum Gasteiger partial charge on any atom is 0.290 e. The summed E-state index contributed by atoms with van der Waals surface area (Å²) >= 11 is 0. The molecule has 0 saturated heterocycles. The Morgan fingerprint density at radius 3 is 2.50 bits per heavy atom. The van der Waals surface area contributed by atoms with Crippen LogP contribution in [0.2, 0.25) is 0 Å². The number of hydrogen-bond acceptors (Lipinski definition) is 6. The van der Waals surface area contributed by atoms with Crippen molar-refractivity contribution in [1.29, 1.82) is 0 Å². The Balaban J connectivity index is 0.000000878. The third-order valence-corrected chi connectivity index (χ3v) is 4.09. The molecule has 0 unspecified atom stereocenters. The van der Waals surface area contributed by atoms with E-state index in [2.05, 4.69) is 20.1 Å². The third kappa shape index (κ3) is 4.49. The normalized spacial score (nSPS) is 13.8. The van der Waals surface area contributed by atoms with Crippen LogP contribution in [0.1, 0.15) is 24.1 Å². The van der Waals surface area contributed by atoms with Crippen LogP contribution in [-0.2, 0) is 16.9 Å². The zero-order valence-corrected chi connectivity index (χ0v) is 14.6. The fourth-order valence-electron chi connectivity index (χ4n) is 2.72. The van der Waals surface area contributed by atoms with Gasteiger partial charge in [-0.2, -0.15) is 5.10 Å². The molecule has 0 aliphatic rings. The SMILES string of the molecule is C[C@@H](c1ncncc1F)[C@](O)(Cn1cncn1)c1ccc(F)cc1F.O=CO. The molecule has 0 radical (unpaired) electrons. The summed E-state index contributed by atoms with van der Waals surface area (Å²) in [4.78, 5) is 19.6. The van der Waals surface area contributed by atoms with Gasteiger partial charge in [0, 0.05) is 17.5 Å². The van der Waals surface area contributed by atoms with Crippen molar-refractivity contribution in [3.63, 3.8) is 0 Å². The molecule has 148 valence electrons. The Morgan fingerprint density at radius 2 is 1.93 bits per heavy atom. The summed E-state index contributed by atoms with van der Waals surface area (Å²) < 4.78 is 43.0. The van der Waals surface area contributed by atoms with Crippen molar-refractivity contribution < 1.29 is 28.2 Å². The summed E-state index contributed by atoms with van der Waals surface area (Å²) in [6.07, 6.45) is 4.66. The van der Waals surface area contributed by atoms with Crippen LogP contribution in [-0.4, -0.2) is 41.4 Å². The van der Waals surface area contributed by atoms with Gasteiger partial charge in [0.25, 0.3) is 6.47 Å². The van der Waals surface area contributed by atoms with Gasteiger partial charge in [0.05, 0.1) is 18.4 Å². The molecule has 8 nitrogen and oxygen atoms in total. The highest BCUT2D eigenvalue weighted by Crippen LogP contribution is 2.39. The zero-order valence-electron chi connectivity index (χ0n) is 14.6. The van der Waals surface area contributed by atoms with Crippen molar-refractivity contribution in [1.82, 2.24) is 24.7 Å². The fraction of sp³-hybridized carbons (Fsp3) is 0.235. The van der Waals surface area contributed by atoms with Crippen LogP contribution in [0.4, 0.5) is 13.2 Å². The third-order valence-electron chi connectivity index (χ3n) is 4.09. The van der Waals surface area contributed by atoms with Crippen molar-refractivity contribution in [2.24, 2.45) is 0 Å². The molecule has 11 heteroatoms. The van der Waals surface area contributed by atoms with Crippen LogP contribution < -0.4 is 0 Å². The molecule has 2 aromatic heterocycles. The highest BCUT2D eigenvalue weighted by Gasteiger charge is 2.41. The summed E-state index contributed by atoms with van der Waals surface area (Å²) in [5, 5.41) is 22.1. The zero-order chi connectivity index (χ0) is 20.7. The Morgan fingerprint density at radius 1 is 1.21 bits per heavy atom. The van der Waals surface area contributed by atoms with Crippen LogP contribution in [0.15, 0.2) is 43.4 Å². The number of aliphatic hydroxyl groups is 1. The predicted octanol–water partition coefficient (Wildman–Crippen LogP) is 1.88. The summed E-state index contributed by atoms with van der Waals surface area (Å²) in [5.41, 5.74) is -2.25. The first-order chi connectivity index (χ1) is 13.3. The van der Waals surface area contributed by atoms with Gasteiger partial charge in [0.2, 0.25) is 0 Å². The van der Waals surface area contributed by atoms with Gasteiger partial charge in [-0.1, -0.05) is 13.0 Å². The molecule has 0 fully saturated rings. The van der Waals surface area contributed by atoms with Crippen LogP contribution in [0.25, 0.3) is 0 Å². The summed E-state index contributed by atoms with van der Waals surface area (Å²) in [6, 6.07) is 2.80. The lowest BCUT2D eigenvalue weighted by atomic mass is 9.79. The van der Waals surface area contributed by atoms with Crippen molar-refractivity contribution in [3.05, 3.63) is 72.1 Å². The van der Waals surface area contributed by atoms with Gasteiger partial charge >= 0.3 is 0 Å². The van der Waals surface area contributed by atoms with E-state index in [1.807, 2.05) is 0 Å². The van der Waals surface area contributed by atoms with E-state index in [0.717, 1.165) is 24.7 Å². The van der Waals surface area contributed by atoms with Crippen molar-refractivity contribution in [3.8, 4) is 0 Å². The number of carbonyl (C=O) groups is 1. The van der Waals surface area contributed by atoms with Crippen LogP contribution >= 0.6 is 0 Å². The molecule has 0 aliphatic heterocycles. The average Bonchev–Trinajstić information content (AvgIpc) is 3.15. The van der Waals surface area contributed by atoms with E-state index < -0.39 is 29.0 Å². The predicted molar refractivity (Wildman–Crippen MR) is 89.4 cm³/mol. The smallest absolute Gasteiger partial charge is 0.290 e. The van der Waals surface area contributed by atoms with Gasteiger partial charge in [-0.3, -0.25) is 4.79 Å². The van der Waals surface area contributed by atoms with Gasteiger partial charge in [0.1, 0.15) is 36.2 Å².